The van der Waals surface area contributed by atoms with Crippen LogP contribution in [-0.4, -0.2) is 40.1 Å². The number of anilines is 1. The fourth-order valence-electron chi connectivity index (χ4n) is 2.75. The molecular formula is C16H19ClF3N5O2. The molecular weight excluding hydrogens is 387 g/mol. The maximum absolute atomic E-state index is 12.3. The molecule has 1 aromatic carbocycles. The van der Waals surface area contributed by atoms with Crippen molar-refractivity contribution < 1.29 is 22.7 Å². The van der Waals surface area contributed by atoms with E-state index >= 15 is 0 Å². The SMILES string of the molecule is Cl.Cn1nc(C2CCNCC2)nc1NC(=O)c1ccc(OC(F)(F)F)cc1. The lowest BCUT2D eigenvalue weighted by Crippen LogP contribution is -2.27. The van der Waals surface area contributed by atoms with Gasteiger partial charge < -0.3 is 10.1 Å². The van der Waals surface area contributed by atoms with Crippen molar-refractivity contribution >= 4 is 24.3 Å². The maximum Gasteiger partial charge on any atom is 0.573 e. The van der Waals surface area contributed by atoms with Crippen molar-refractivity contribution in [1.29, 1.82) is 0 Å². The summed E-state index contributed by atoms with van der Waals surface area (Å²) in [7, 11) is 1.67. The van der Waals surface area contributed by atoms with E-state index in [2.05, 4.69) is 25.5 Å². The van der Waals surface area contributed by atoms with Crippen LogP contribution < -0.4 is 15.4 Å². The predicted molar refractivity (Wildman–Crippen MR) is 94.2 cm³/mol. The molecule has 148 valence electrons. The Morgan fingerprint density at radius 3 is 2.48 bits per heavy atom. The van der Waals surface area contributed by atoms with Gasteiger partial charge in [-0.15, -0.1) is 25.6 Å². The van der Waals surface area contributed by atoms with Gasteiger partial charge in [-0.1, -0.05) is 0 Å². The summed E-state index contributed by atoms with van der Waals surface area (Å²) in [5.41, 5.74) is 0.186. The summed E-state index contributed by atoms with van der Waals surface area (Å²) in [5, 5.41) is 10.2. The quantitative estimate of drug-likeness (QED) is 0.817. The van der Waals surface area contributed by atoms with E-state index in [9.17, 15) is 18.0 Å². The highest BCUT2D eigenvalue weighted by atomic mass is 35.5. The number of rotatable bonds is 4. The molecule has 1 aliphatic heterocycles. The Kier molecular flexibility index (Phi) is 6.66. The van der Waals surface area contributed by atoms with Crippen molar-refractivity contribution in [1.82, 2.24) is 20.1 Å². The Morgan fingerprint density at radius 2 is 1.89 bits per heavy atom. The molecule has 1 saturated heterocycles. The van der Waals surface area contributed by atoms with Gasteiger partial charge in [-0.3, -0.25) is 10.1 Å². The maximum atomic E-state index is 12.3. The standard InChI is InChI=1S/C16H18F3N5O2.ClH/c1-24-15(21-13(23-24)10-6-8-20-9-7-10)22-14(25)11-2-4-12(5-3-11)26-16(17,18)19;/h2-5,10,20H,6-9H2,1H3,(H,21,22,23,25);1H. The van der Waals surface area contributed by atoms with Crippen molar-refractivity contribution in [3.05, 3.63) is 35.7 Å². The lowest BCUT2D eigenvalue weighted by atomic mass is 9.98. The molecule has 0 atom stereocenters. The van der Waals surface area contributed by atoms with E-state index in [1.807, 2.05) is 0 Å². The number of carbonyl (C=O) groups is 1. The third-order valence-corrected chi connectivity index (χ3v) is 4.06. The van der Waals surface area contributed by atoms with Gasteiger partial charge in [0.05, 0.1) is 0 Å². The topological polar surface area (TPSA) is 81.1 Å². The van der Waals surface area contributed by atoms with Crippen molar-refractivity contribution in [2.24, 2.45) is 7.05 Å². The predicted octanol–water partition coefficient (Wildman–Crippen LogP) is 2.85. The minimum Gasteiger partial charge on any atom is -0.406 e. The molecule has 1 aromatic heterocycles. The zero-order valence-electron chi connectivity index (χ0n) is 14.4. The molecule has 7 nitrogen and oxygen atoms in total. The van der Waals surface area contributed by atoms with Crippen molar-refractivity contribution in [3.8, 4) is 5.75 Å². The first kappa shape index (κ1) is 21.0. The monoisotopic (exact) mass is 405 g/mol. The number of nitrogens with zero attached hydrogens (tertiary/aromatic N) is 3. The molecule has 2 aromatic rings. The Balaban J connectivity index is 0.00000261. The van der Waals surface area contributed by atoms with Crippen LogP contribution in [0.25, 0.3) is 0 Å². The van der Waals surface area contributed by atoms with E-state index in [0.717, 1.165) is 38.1 Å². The third kappa shape index (κ3) is 5.57. The summed E-state index contributed by atoms with van der Waals surface area (Å²) in [6.45, 7) is 1.80. The number of hydrogen-bond donors (Lipinski definition) is 2. The van der Waals surface area contributed by atoms with Gasteiger partial charge in [-0.05, 0) is 50.2 Å². The average Bonchev–Trinajstić information content (AvgIpc) is 2.95. The molecule has 1 fully saturated rings. The molecule has 2 heterocycles. The number of nitrogens with one attached hydrogen (secondary N) is 2. The number of alkyl halides is 3. The van der Waals surface area contributed by atoms with Gasteiger partial charge in [-0.2, -0.15) is 10.1 Å². The Bertz CT molecular complexity index is 773. The van der Waals surface area contributed by atoms with E-state index in [-0.39, 0.29) is 29.6 Å². The van der Waals surface area contributed by atoms with Gasteiger partial charge >= 0.3 is 6.36 Å². The van der Waals surface area contributed by atoms with E-state index in [4.69, 9.17) is 0 Å². The van der Waals surface area contributed by atoms with Crippen LogP contribution in [-0.2, 0) is 7.05 Å². The van der Waals surface area contributed by atoms with Gasteiger partial charge in [0.15, 0.2) is 5.82 Å². The normalized spacial score (nSPS) is 15.1. The van der Waals surface area contributed by atoms with Crippen LogP contribution in [0, 0.1) is 0 Å². The summed E-state index contributed by atoms with van der Waals surface area (Å²) in [5.74, 6) is 0.334. The Morgan fingerprint density at radius 1 is 1.26 bits per heavy atom. The third-order valence-electron chi connectivity index (χ3n) is 4.06. The van der Waals surface area contributed by atoms with Gasteiger partial charge in [0, 0.05) is 18.5 Å². The fourth-order valence-corrected chi connectivity index (χ4v) is 2.75. The Hall–Kier alpha value is -2.33. The van der Waals surface area contributed by atoms with Crippen LogP contribution in [0.1, 0.15) is 34.9 Å². The molecule has 3 rings (SSSR count). The second-order valence-corrected chi connectivity index (χ2v) is 5.97. The number of carbonyl (C=O) groups excluding carboxylic acids is 1. The van der Waals surface area contributed by atoms with Crippen molar-refractivity contribution in [2.45, 2.75) is 25.1 Å². The summed E-state index contributed by atoms with van der Waals surface area (Å²) in [4.78, 5) is 16.7. The minimum atomic E-state index is -4.77. The molecule has 1 aliphatic rings. The van der Waals surface area contributed by atoms with Crippen LogP contribution in [0.5, 0.6) is 5.75 Å². The summed E-state index contributed by atoms with van der Waals surface area (Å²) >= 11 is 0. The van der Waals surface area contributed by atoms with Crippen LogP contribution in [0.2, 0.25) is 0 Å². The molecule has 27 heavy (non-hydrogen) atoms. The van der Waals surface area contributed by atoms with Crippen LogP contribution in [0.4, 0.5) is 19.1 Å². The van der Waals surface area contributed by atoms with Crippen LogP contribution in [0.15, 0.2) is 24.3 Å². The zero-order valence-corrected chi connectivity index (χ0v) is 15.2. The molecule has 0 bridgehead atoms. The lowest BCUT2D eigenvalue weighted by Gasteiger charge is -2.19. The van der Waals surface area contributed by atoms with Crippen LogP contribution >= 0.6 is 12.4 Å². The summed E-state index contributed by atoms with van der Waals surface area (Å²) < 4.78 is 41.8. The first-order valence-electron chi connectivity index (χ1n) is 8.10. The van der Waals surface area contributed by atoms with E-state index in [1.165, 1.54) is 16.8 Å². The van der Waals surface area contributed by atoms with Gasteiger partial charge in [0.25, 0.3) is 5.91 Å². The smallest absolute Gasteiger partial charge is 0.406 e. The second-order valence-electron chi connectivity index (χ2n) is 5.97. The number of benzene rings is 1. The van der Waals surface area contributed by atoms with Crippen molar-refractivity contribution in [3.63, 3.8) is 0 Å². The number of halogens is 4. The largest absolute Gasteiger partial charge is 0.573 e. The zero-order chi connectivity index (χ0) is 18.7. The first-order chi connectivity index (χ1) is 12.3. The number of hydrogen-bond acceptors (Lipinski definition) is 5. The summed E-state index contributed by atoms with van der Waals surface area (Å²) in [6.07, 6.45) is -2.91. The molecule has 1 amide bonds. The van der Waals surface area contributed by atoms with E-state index in [0.29, 0.717) is 11.8 Å². The molecule has 0 unspecified atom stereocenters. The number of aryl methyl sites for hydroxylation is 1. The fraction of sp³-hybridized carbons (Fsp3) is 0.438. The number of piperidine rings is 1. The molecule has 0 saturated carbocycles. The van der Waals surface area contributed by atoms with E-state index < -0.39 is 12.3 Å². The number of ether oxygens (including phenoxy) is 1. The Labute approximate surface area is 159 Å². The number of amides is 1. The minimum absolute atomic E-state index is 0. The van der Waals surface area contributed by atoms with E-state index in [1.54, 1.807) is 7.05 Å². The highest BCUT2D eigenvalue weighted by molar-refractivity contribution is 6.03. The first-order valence-corrected chi connectivity index (χ1v) is 8.10. The average molecular weight is 406 g/mol. The highest BCUT2D eigenvalue weighted by Gasteiger charge is 2.31. The number of aromatic nitrogens is 3. The highest BCUT2D eigenvalue weighted by Crippen LogP contribution is 2.24. The second kappa shape index (κ2) is 8.57. The molecule has 0 spiro atoms. The van der Waals surface area contributed by atoms with Crippen LogP contribution in [0.3, 0.4) is 0 Å². The van der Waals surface area contributed by atoms with Crippen molar-refractivity contribution in [2.75, 3.05) is 18.4 Å². The molecule has 0 aliphatic carbocycles. The lowest BCUT2D eigenvalue weighted by molar-refractivity contribution is -0.274. The molecule has 2 N–H and O–H groups in total. The molecule has 0 radical (unpaired) electrons. The van der Waals surface area contributed by atoms with Gasteiger partial charge in [-0.25, -0.2) is 4.68 Å². The van der Waals surface area contributed by atoms with Gasteiger partial charge in [0.1, 0.15) is 5.75 Å². The summed E-state index contributed by atoms with van der Waals surface area (Å²) in [6, 6.07) is 4.67. The van der Waals surface area contributed by atoms with Gasteiger partial charge in [0.2, 0.25) is 5.95 Å². The molecule has 11 heteroatoms.